The fourth-order valence-corrected chi connectivity index (χ4v) is 3.38. The molecule has 0 bridgehead atoms. The summed E-state index contributed by atoms with van der Waals surface area (Å²) in [5.74, 6) is 0.320. The van der Waals surface area contributed by atoms with E-state index >= 15 is 0 Å². The van der Waals surface area contributed by atoms with Gasteiger partial charge < -0.3 is 9.73 Å². The van der Waals surface area contributed by atoms with Gasteiger partial charge in [-0.1, -0.05) is 23.7 Å². The van der Waals surface area contributed by atoms with Gasteiger partial charge in [0.1, 0.15) is 18.3 Å². The highest BCUT2D eigenvalue weighted by Gasteiger charge is 2.18. The molecular weight excluding hydrogens is 428 g/mol. The number of furan rings is 1. The third kappa shape index (κ3) is 4.03. The van der Waals surface area contributed by atoms with E-state index in [1.165, 1.54) is 6.33 Å². The molecule has 0 aliphatic heterocycles. The van der Waals surface area contributed by atoms with Crippen LogP contribution in [0.4, 0.5) is 0 Å². The Bertz CT molecular complexity index is 1320. The Morgan fingerprint density at radius 2 is 1.81 bits per heavy atom. The summed E-state index contributed by atoms with van der Waals surface area (Å²) in [5.41, 5.74) is 3.56. The van der Waals surface area contributed by atoms with Crippen molar-refractivity contribution in [3.8, 4) is 22.8 Å². The molecule has 0 saturated heterocycles. The molecule has 1 N–H and O–H groups in total. The number of hydrogen-bond donors (Lipinski definition) is 1. The summed E-state index contributed by atoms with van der Waals surface area (Å²) in [4.78, 5) is 16.8. The number of aromatic nitrogens is 5. The number of amides is 1. The van der Waals surface area contributed by atoms with Crippen LogP contribution in [0.25, 0.3) is 22.8 Å². The van der Waals surface area contributed by atoms with Crippen LogP contribution in [0.5, 0.6) is 0 Å². The highest BCUT2D eigenvalue weighted by molar-refractivity contribution is 6.30. The molecule has 0 spiro atoms. The van der Waals surface area contributed by atoms with E-state index in [1.807, 2.05) is 42.5 Å². The van der Waals surface area contributed by atoms with E-state index in [2.05, 4.69) is 20.5 Å². The summed E-state index contributed by atoms with van der Waals surface area (Å²) in [5, 5.41) is 12.1. The molecule has 0 fully saturated rings. The Morgan fingerprint density at radius 3 is 2.50 bits per heavy atom. The Balaban J connectivity index is 1.35. The summed E-state index contributed by atoms with van der Waals surface area (Å²) in [7, 11) is 0. The first-order valence-electron chi connectivity index (χ1n) is 9.79. The van der Waals surface area contributed by atoms with Gasteiger partial charge >= 0.3 is 0 Å². The number of carbonyl (C=O) groups excluding carboxylic acids is 1. The lowest BCUT2D eigenvalue weighted by atomic mass is 10.2. The molecule has 0 aliphatic rings. The normalized spacial score (nSPS) is 10.9. The Labute approximate surface area is 188 Å². The summed E-state index contributed by atoms with van der Waals surface area (Å²) < 4.78 is 8.87. The van der Waals surface area contributed by atoms with Crippen LogP contribution < -0.4 is 5.32 Å². The average Bonchev–Trinajstić information content (AvgIpc) is 3.60. The summed E-state index contributed by atoms with van der Waals surface area (Å²) in [6.07, 6.45) is 4.69. The van der Waals surface area contributed by atoms with E-state index in [9.17, 15) is 4.79 Å². The molecule has 3 aromatic heterocycles. The number of benzene rings is 2. The molecule has 2 aromatic carbocycles. The topological polar surface area (TPSA) is 90.8 Å². The molecule has 8 nitrogen and oxygen atoms in total. The van der Waals surface area contributed by atoms with Gasteiger partial charge in [-0.15, -0.1) is 0 Å². The molecule has 3 heterocycles. The molecule has 1 amide bonds. The van der Waals surface area contributed by atoms with Crippen molar-refractivity contribution in [2.75, 3.05) is 0 Å². The Morgan fingerprint density at radius 1 is 1.03 bits per heavy atom. The lowest BCUT2D eigenvalue weighted by Gasteiger charge is -2.06. The van der Waals surface area contributed by atoms with Crippen molar-refractivity contribution < 1.29 is 9.21 Å². The van der Waals surface area contributed by atoms with Gasteiger partial charge in [0, 0.05) is 17.6 Å². The quantitative estimate of drug-likeness (QED) is 0.421. The fourth-order valence-electron chi connectivity index (χ4n) is 3.25. The molecular formula is C23H17ClN6O2. The monoisotopic (exact) mass is 444 g/mol. The van der Waals surface area contributed by atoms with Crippen LogP contribution in [0.15, 0.2) is 90.1 Å². The van der Waals surface area contributed by atoms with Crippen LogP contribution >= 0.6 is 11.6 Å². The minimum absolute atomic E-state index is 0.283. The summed E-state index contributed by atoms with van der Waals surface area (Å²) in [6.45, 7) is 0.361. The van der Waals surface area contributed by atoms with Crippen LogP contribution in [0, 0.1) is 0 Å². The molecule has 0 atom stereocenters. The number of nitrogens with one attached hydrogen (secondary N) is 1. The molecule has 5 rings (SSSR count). The zero-order chi connectivity index (χ0) is 21.9. The summed E-state index contributed by atoms with van der Waals surface area (Å²) >= 11 is 6.01. The zero-order valence-corrected chi connectivity index (χ0v) is 17.5. The number of hydrogen-bond acceptors (Lipinski definition) is 5. The largest absolute Gasteiger partial charge is 0.463 e. The van der Waals surface area contributed by atoms with Gasteiger partial charge in [-0.05, 0) is 54.1 Å². The van der Waals surface area contributed by atoms with Crippen LogP contribution in [0.2, 0.25) is 5.02 Å². The zero-order valence-electron chi connectivity index (χ0n) is 16.7. The first kappa shape index (κ1) is 19.8. The molecule has 0 radical (unpaired) electrons. The van der Waals surface area contributed by atoms with E-state index in [0.29, 0.717) is 23.0 Å². The van der Waals surface area contributed by atoms with Crippen molar-refractivity contribution in [3.63, 3.8) is 0 Å². The van der Waals surface area contributed by atoms with Gasteiger partial charge in [0.25, 0.3) is 5.91 Å². The fraction of sp³-hybridized carbons (Fsp3) is 0.0435. The second-order valence-electron chi connectivity index (χ2n) is 6.97. The minimum Gasteiger partial charge on any atom is -0.463 e. The first-order valence-corrected chi connectivity index (χ1v) is 10.2. The van der Waals surface area contributed by atoms with E-state index in [0.717, 1.165) is 16.9 Å². The highest BCUT2D eigenvalue weighted by Crippen LogP contribution is 2.25. The lowest BCUT2D eigenvalue weighted by molar-refractivity contribution is 0.0945. The highest BCUT2D eigenvalue weighted by atomic mass is 35.5. The minimum atomic E-state index is -0.286. The van der Waals surface area contributed by atoms with E-state index < -0.39 is 0 Å². The van der Waals surface area contributed by atoms with Crippen molar-refractivity contribution in [1.82, 2.24) is 29.9 Å². The van der Waals surface area contributed by atoms with Crippen molar-refractivity contribution in [2.24, 2.45) is 0 Å². The molecule has 0 saturated carbocycles. The van der Waals surface area contributed by atoms with Crippen LogP contribution in [0.3, 0.4) is 0 Å². The maximum absolute atomic E-state index is 12.8. The molecule has 0 aliphatic carbocycles. The molecule has 32 heavy (non-hydrogen) atoms. The first-order chi connectivity index (χ1) is 15.7. The van der Waals surface area contributed by atoms with Gasteiger partial charge in [0.15, 0.2) is 11.5 Å². The number of rotatable bonds is 6. The second-order valence-corrected chi connectivity index (χ2v) is 7.41. The average molecular weight is 445 g/mol. The second kappa shape index (κ2) is 8.52. The van der Waals surface area contributed by atoms with E-state index in [1.54, 1.807) is 46.2 Å². The maximum Gasteiger partial charge on any atom is 0.272 e. The lowest BCUT2D eigenvalue weighted by Crippen LogP contribution is -2.23. The van der Waals surface area contributed by atoms with Crippen LogP contribution in [-0.2, 0) is 6.54 Å². The van der Waals surface area contributed by atoms with Gasteiger partial charge in [-0.25, -0.2) is 14.3 Å². The maximum atomic E-state index is 12.8. The van der Waals surface area contributed by atoms with Gasteiger partial charge in [0.05, 0.1) is 17.6 Å². The van der Waals surface area contributed by atoms with Gasteiger partial charge in [-0.2, -0.15) is 10.2 Å². The van der Waals surface area contributed by atoms with Crippen molar-refractivity contribution in [2.45, 2.75) is 6.54 Å². The molecule has 9 heteroatoms. The molecule has 158 valence electrons. The van der Waals surface area contributed by atoms with Crippen LogP contribution in [0.1, 0.15) is 16.1 Å². The van der Waals surface area contributed by atoms with E-state index in [-0.39, 0.29) is 11.6 Å². The Kier molecular flexibility index (Phi) is 5.27. The summed E-state index contributed by atoms with van der Waals surface area (Å²) in [6, 6.07) is 20.2. The SMILES string of the molecule is O=C(NCc1ccc(-n2cncn2)cc1)c1cc(-c2ccco2)n(-c2ccc(Cl)cc2)n1. The predicted molar refractivity (Wildman–Crippen MR) is 119 cm³/mol. The van der Waals surface area contributed by atoms with E-state index in [4.69, 9.17) is 16.0 Å². The molecule has 5 aromatic rings. The molecule has 0 unspecified atom stereocenters. The standard InChI is InChI=1S/C23H17ClN6O2/c24-17-5-9-19(10-6-17)30-21(22-2-1-11-32-22)12-20(28-30)23(31)26-13-16-3-7-18(8-4-16)29-15-25-14-27-29/h1-12,14-15H,13H2,(H,26,31). The number of halogens is 1. The number of carbonyl (C=O) groups is 1. The predicted octanol–water partition coefficient (Wildman–Crippen LogP) is 4.30. The van der Waals surface area contributed by atoms with Crippen molar-refractivity contribution in [3.05, 3.63) is 102 Å². The smallest absolute Gasteiger partial charge is 0.272 e. The van der Waals surface area contributed by atoms with Gasteiger partial charge in [-0.3, -0.25) is 4.79 Å². The van der Waals surface area contributed by atoms with Crippen molar-refractivity contribution >= 4 is 17.5 Å². The van der Waals surface area contributed by atoms with Crippen LogP contribution in [-0.4, -0.2) is 30.5 Å². The third-order valence-electron chi connectivity index (χ3n) is 4.86. The Hall–Kier alpha value is -4.17. The van der Waals surface area contributed by atoms with Crippen molar-refractivity contribution in [1.29, 1.82) is 0 Å². The van der Waals surface area contributed by atoms with Gasteiger partial charge in [0.2, 0.25) is 0 Å². The number of nitrogens with zero attached hydrogens (tertiary/aromatic N) is 5. The third-order valence-corrected chi connectivity index (χ3v) is 5.11.